The number of nitrogens with one attached hydrogen (secondary N) is 1. The van der Waals surface area contributed by atoms with Crippen molar-refractivity contribution in [2.75, 3.05) is 18.6 Å². The summed E-state index contributed by atoms with van der Waals surface area (Å²) < 4.78 is 15.3. The van der Waals surface area contributed by atoms with Crippen LogP contribution in [0.1, 0.15) is 40.0 Å². The molecule has 12 heteroatoms. The van der Waals surface area contributed by atoms with Crippen molar-refractivity contribution in [2.24, 2.45) is 0 Å². The molecule has 1 saturated heterocycles. The van der Waals surface area contributed by atoms with E-state index in [2.05, 4.69) is 20.3 Å². The van der Waals surface area contributed by atoms with Gasteiger partial charge in [-0.05, 0) is 56.4 Å². The van der Waals surface area contributed by atoms with Crippen LogP contribution in [0.5, 0.6) is 0 Å². The van der Waals surface area contributed by atoms with Crippen LogP contribution >= 0.6 is 0 Å². The SMILES string of the molecule is CC(C)(C)OC(=O)N1CCCC[C@H]1C(=O)OCNc1ccc([N+](=O)[O-])c2nonc12. The third kappa shape index (κ3) is 4.75. The van der Waals surface area contributed by atoms with Crippen molar-refractivity contribution in [1.29, 1.82) is 0 Å². The topological polar surface area (TPSA) is 150 Å². The zero-order valence-corrected chi connectivity index (χ0v) is 16.9. The Balaban J connectivity index is 1.63. The van der Waals surface area contributed by atoms with E-state index in [4.69, 9.17) is 9.47 Å². The van der Waals surface area contributed by atoms with Crippen LogP contribution in [-0.2, 0) is 14.3 Å². The minimum atomic E-state index is -0.735. The van der Waals surface area contributed by atoms with Gasteiger partial charge < -0.3 is 14.8 Å². The third-order valence-electron chi connectivity index (χ3n) is 4.47. The van der Waals surface area contributed by atoms with Gasteiger partial charge in [-0.3, -0.25) is 15.0 Å². The summed E-state index contributed by atoms with van der Waals surface area (Å²) in [5.74, 6) is -0.565. The number of benzene rings is 1. The molecule has 0 radical (unpaired) electrons. The molecule has 1 fully saturated rings. The smallest absolute Gasteiger partial charge is 0.411 e. The maximum Gasteiger partial charge on any atom is 0.411 e. The van der Waals surface area contributed by atoms with Gasteiger partial charge in [-0.25, -0.2) is 14.2 Å². The molecule has 162 valence electrons. The maximum absolute atomic E-state index is 12.6. The number of carbonyl (C=O) groups excluding carboxylic acids is 2. The minimum Gasteiger partial charge on any atom is -0.444 e. The summed E-state index contributed by atoms with van der Waals surface area (Å²) >= 11 is 0. The number of nitro benzene ring substituents is 1. The predicted molar refractivity (Wildman–Crippen MR) is 104 cm³/mol. The number of anilines is 1. The van der Waals surface area contributed by atoms with Crippen molar-refractivity contribution < 1.29 is 28.6 Å². The molecule has 3 rings (SSSR count). The molecular formula is C18H23N5O7. The molecule has 0 bridgehead atoms. The standard InChI is InChI=1S/C18H23N5O7/c1-18(2,3)29-17(25)22-9-5-4-6-13(22)16(24)28-10-19-11-7-8-12(23(26)27)15-14(11)20-30-21-15/h7-8,13,19H,4-6,9-10H2,1-3H3/t13-/m0/s1. The number of esters is 1. The van der Waals surface area contributed by atoms with E-state index in [0.29, 0.717) is 18.7 Å². The van der Waals surface area contributed by atoms with E-state index >= 15 is 0 Å². The molecule has 1 N–H and O–H groups in total. The number of rotatable bonds is 5. The molecule has 0 aliphatic carbocycles. The van der Waals surface area contributed by atoms with Crippen LogP contribution in [0, 0.1) is 10.1 Å². The van der Waals surface area contributed by atoms with Gasteiger partial charge in [-0.2, -0.15) is 0 Å². The molecule has 0 saturated carbocycles. The Bertz CT molecular complexity index is 952. The van der Waals surface area contributed by atoms with Gasteiger partial charge in [0, 0.05) is 12.6 Å². The average molecular weight is 421 g/mol. The number of aromatic nitrogens is 2. The summed E-state index contributed by atoms with van der Waals surface area (Å²) in [5, 5.41) is 21.1. The lowest BCUT2D eigenvalue weighted by Gasteiger charge is -2.35. The summed E-state index contributed by atoms with van der Waals surface area (Å²) in [7, 11) is 0. The van der Waals surface area contributed by atoms with E-state index in [0.717, 1.165) is 12.8 Å². The van der Waals surface area contributed by atoms with Crippen LogP contribution in [0.25, 0.3) is 11.0 Å². The zero-order chi connectivity index (χ0) is 21.9. The molecule has 1 atom stereocenters. The van der Waals surface area contributed by atoms with Crippen LogP contribution < -0.4 is 5.32 Å². The molecule has 1 aromatic carbocycles. The van der Waals surface area contributed by atoms with Crippen molar-refractivity contribution in [3.8, 4) is 0 Å². The molecular weight excluding hydrogens is 398 g/mol. The predicted octanol–water partition coefficient (Wildman–Crippen LogP) is 2.83. The van der Waals surface area contributed by atoms with Gasteiger partial charge in [0.05, 0.1) is 10.6 Å². The quantitative estimate of drug-likeness (QED) is 0.330. The van der Waals surface area contributed by atoms with E-state index in [-0.39, 0.29) is 23.5 Å². The number of fused-ring (bicyclic) bond motifs is 1. The van der Waals surface area contributed by atoms with Gasteiger partial charge >= 0.3 is 17.7 Å². The summed E-state index contributed by atoms with van der Waals surface area (Å²) in [5.41, 5.74) is -0.424. The van der Waals surface area contributed by atoms with Gasteiger partial charge in [0.1, 0.15) is 11.6 Å². The highest BCUT2D eigenvalue weighted by Gasteiger charge is 2.35. The Kier molecular flexibility index (Phi) is 6.04. The van der Waals surface area contributed by atoms with Gasteiger partial charge in [-0.1, -0.05) is 0 Å². The monoisotopic (exact) mass is 421 g/mol. The number of piperidine rings is 1. The van der Waals surface area contributed by atoms with Gasteiger partial charge in [0.15, 0.2) is 12.2 Å². The first-order chi connectivity index (χ1) is 14.2. The van der Waals surface area contributed by atoms with Crippen molar-refractivity contribution in [3.05, 3.63) is 22.2 Å². The Morgan fingerprint density at radius 1 is 1.30 bits per heavy atom. The normalized spacial score (nSPS) is 16.9. The number of hydrogen-bond acceptors (Lipinski definition) is 10. The second-order valence-electron chi connectivity index (χ2n) is 7.82. The third-order valence-corrected chi connectivity index (χ3v) is 4.47. The highest BCUT2D eigenvalue weighted by atomic mass is 16.6. The fraction of sp³-hybridized carbons (Fsp3) is 0.556. The van der Waals surface area contributed by atoms with Gasteiger partial charge in [-0.15, -0.1) is 0 Å². The fourth-order valence-electron chi connectivity index (χ4n) is 3.14. The van der Waals surface area contributed by atoms with E-state index in [1.54, 1.807) is 20.8 Å². The van der Waals surface area contributed by atoms with Crippen molar-refractivity contribution >= 4 is 34.5 Å². The lowest BCUT2D eigenvalue weighted by Crippen LogP contribution is -2.50. The number of nitrogens with zero attached hydrogens (tertiary/aromatic N) is 4. The molecule has 1 aromatic heterocycles. The van der Waals surface area contributed by atoms with E-state index in [9.17, 15) is 19.7 Å². The first-order valence-electron chi connectivity index (χ1n) is 9.47. The van der Waals surface area contributed by atoms with Crippen molar-refractivity contribution in [3.63, 3.8) is 0 Å². The Labute approximate surface area is 171 Å². The number of carbonyl (C=O) groups is 2. The average Bonchev–Trinajstić information content (AvgIpc) is 3.16. The molecule has 2 heterocycles. The highest BCUT2D eigenvalue weighted by molar-refractivity contribution is 5.93. The summed E-state index contributed by atoms with van der Waals surface area (Å²) in [6.45, 7) is 5.47. The van der Waals surface area contributed by atoms with Crippen LogP contribution in [0.3, 0.4) is 0 Å². The van der Waals surface area contributed by atoms with E-state index < -0.39 is 28.6 Å². The minimum absolute atomic E-state index is 0.0142. The zero-order valence-electron chi connectivity index (χ0n) is 16.9. The van der Waals surface area contributed by atoms with E-state index in [1.807, 2.05) is 0 Å². The van der Waals surface area contributed by atoms with Crippen LogP contribution in [0.4, 0.5) is 16.2 Å². The Hall–Kier alpha value is -3.44. The van der Waals surface area contributed by atoms with Crippen LogP contribution in [-0.4, -0.2) is 57.1 Å². The number of amides is 1. The molecule has 1 aliphatic heterocycles. The number of ether oxygens (including phenoxy) is 2. The van der Waals surface area contributed by atoms with Crippen molar-refractivity contribution in [1.82, 2.24) is 15.2 Å². The largest absolute Gasteiger partial charge is 0.444 e. The van der Waals surface area contributed by atoms with Crippen molar-refractivity contribution in [2.45, 2.75) is 51.7 Å². The Morgan fingerprint density at radius 2 is 2.03 bits per heavy atom. The molecule has 30 heavy (non-hydrogen) atoms. The first-order valence-corrected chi connectivity index (χ1v) is 9.47. The molecule has 1 amide bonds. The van der Waals surface area contributed by atoms with Crippen LogP contribution in [0.15, 0.2) is 16.8 Å². The van der Waals surface area contributed by atoms with E-state index in [1.165, 1.54) is 17.0 Å². The highest BCUT2D eigenvalue weighted by Crippen LogP contribution is 2.28. The summed E-state index contributed by atoms with van der Waals surface area (Å²) in [6.07, 6.45) is 1.50. The number of hydrogen-bond donors (Lipinski definition) is 1. The number of nitro groups is 1. The number of likely N-dealkylation sites (tertiary alicyclic amines) is 1. The molecule has 0 unspecified atom stereocenters. The molecule has 2 aromatic rings. The lowest BCUT2D eigenvalue weighted by atomic mass is 10.0. The number of non-ortho nitro benzene ring substituents is 1. The summed E-state index contributed by atoms with van der Waals surface area (Å²) in [4.78, 5) is 36.8. The molecule has 1 aliphatic rings. The Morgan fingerprint density at radius 3 is 2.73 bits per heavy atom. The second kappa shape index (κ2) is 8.51. The van der Waals surface area contributed by atoms with Gasteiger partial charge in [0.25, 0.3) is 0 Å². The molecule has 12 nitrogen and oxygen atoms in total. The first kappa shape index (κ1) is 21.3. The lowest BCUT2D eigenvalue weighted by molar-refractivity contribution is -0.383. The fourth-order valence-corrected chi connectivity index (χ4v) is 3.14. The summed E-state index contributed by atoms with van der Waals surface area (Å²) in [6, 6.07) is 1.94. The maximum atomic E-state index is 12.6. The van der Waals surface area contributed by atoms with Crippen LogP contribution in [0.2, 0.25) is 0 Å². The molecule has 0 spiro atoms. The van der Waals surface area contributed by atoms with Gasteiger partial charge in [0.2, 0.25) is 5.52 Å². The second-order valence-corrected chi connectivity index (χ2v) is 7.82.